The standard InChI is InChI=1S/C23H30N2O3S/c1-4-5-15-28-21-9-7-6-8-20(21)24-23(29)25-22(26)18-10-12-19(13-11-18)27-16-14-17(2)3/h6-13,17H,4-5,14-16H2,1-3H3,(H2,24,25,26,29). The molecule has 0 saturated carbocycles. The third kappa shape index (κ3) is 8.11. The second-order valence-electron chi connectivity index (χ2n) is 7.16. The Hall–Kier alpha value is -2.60. The summed E-state index contributed by atoms with van der Waals surface area (Å²) in [4.78, 5) is 12.4. The van der Waals surface area contributed by atoms with Gasteiger partial charge in [0.2, 0.25) is 0 Å². The van der Waals surface area contributed by atoms with Gasteiger partial charge in [-0.2, -0.15) is 0 Å². The van der Waals surface area contributed by atoms with Crippen LogP contribution in [0.2, 0.25) is 0 Å². The Labute approximate surface area is 178 Å². The number of rotatable bonds is 10. The summed E-state index contributed by atoms with van der Waals surface area (Å²) in [5.74, 6) is 1.78. The minimum absolute atomic E-state index is 0.221. The molecule has 2 aromatic rings. The predicted octanol–water partition coefficient (Wildman–Crippen LogP) is 5.42. The summed E-state index contributed by atoms with van der Waals surface area (Å²) in [5.41, 5.74) is 1.24. The smallest absolute Gasteiger partial charge is 0.257 e. The molecule has 1 amide bonds. The minimum Gasteiger partial charge on any atom is -0.494 e. The second kappa shape index (κ2) is 12.1. The highest BCUT2D eigenvalue weighted by Crippen LogP contribution is 2.24. The minimum atomic E-state index is -0.277. The molecule has 6 heteroatoms. The zero-order valence-corrected chi connectivity index (χ0v) is 18.2. The zero-order chi connectivity index (χ0) is 21.1. The Morgan fingerprint density at radius 2 is 1.76 bits per heavy atom. The molecule has 0 saturated heterocycles. The van der Waals surface area contributed by atoms with E-state index in [0.717, 1.165) is 30.7 Å². The van der Waals surface area contributed by atoms with E-state index in [-0.39, 0.29) is 11.0 Å². The van der Waals surface area contributed by atoms with Crippen LogP contribution in [-0.2, 0) is 0 Å². The van der Waals surface area contributed by atoms with Gasteiger partial charge >= 0.3 is 0 Å². The molecule has 0 bridgehead atoms. The molecular formula is C23H30N2O3S. The Bertz CT molecular complexity index is 791. The van der Waals surface area contributed by atoms with E-state index in [9.17, 15) is 4.79 Å². The fourth-order valence-corrected chi connectivity index (χ4v) is 2.67. The van der Waals surface area contributed by atoms with Gasteiger partial charge in [-0.15, -0.1) is 0 Å². The molecule has 0 atom stereocenters. The summed E-state index contributed by atoms with van der Waals surface area (Å²) in [5, 5.41) is 5.96. The van der Waals surface area contributed by atoms with E-state index < -0.39 is 0 Å². The summed E-state index contributed by atoms with van der Waals surface area (Å²) < 4.78 is 11.5. The number of ether oxygens (including phenoxy) is 2. The number of unbranched alkanes of at least 4 members (excludes halogenated alkanes) is 1. The van der Waals surface area contributed by atoms with Gasteiger partial charge < -0.3 is 14.8 Å². The number of thiocarbonyl (C=S) groups is 1. The van der Waals surface area contributed by atoms with Crippen molar-refractivity contribution in [2.75, 3.05) is 18.5 Å². The Morgan fingerprint density at radius 3 is 2.45 bits per heavy atom. The molecule has 0 spiro atoms. The molecule has 0 unspecified atom stereocenters. The van der Waals surface area contributed by atoms with Crippen molar-refractivity contribution in [1.29, 1.82) is 0 Å². The first-order chi connectivity index (χ1) is 14.0. The van der Waals surface area contributed by atoms with Crippen LogP contribution in [0.25, 0.3) is 0 Å². The van der Waals surface area contributed by atoms with E-state index in [4.69, 9.17) is 21.7 Å². The molecule has 156 valence electrons. The average Bonchev–Trinajstić information content (AvgIpc) is 2.69. The number of hydrogen-bond acceptors (Lipinski definition) is 4. The van der Waals surface area contributed by atoms with Gasteiger partial charge in [0.1, 0.15) is 11.5 Å². The summed E-state index contributed by atoms with van der Waals surface area (Å²) in [7, 11) is 0. The van der Waals surface area contributed by atoms with Crippen molar-refractivity contribution >= 4 is 28.9 Å². The lowest BCUT2D eigenvalue weighted by atomic mass is 10.1. The largest absolute Gasteiger partial charge is 0.494 e. The van der Waals surface area contributed by atoms with Crippen LogP contribution < -0.4 is 20.1 Å². The van der Waals surface area contributed by atoms with Gasteiger partial charge in [-0.05, 0) is 67.4 Å². The number of benzene rings is 2. The lowest BCUT2D eigenvalue weighted by Gasteiger charge is -2.14. The highest BCUT2D eigenvalue weighted by Gasteiger charge is 2.10. The molecule has 0 heterocycles. The third-order valence-electron chi connectivity index (χ3n) is 4.20. The van der Waals surface area contributed by atoms with Gasteiger partial charge in [0, 0.05) is 5.56 Å². The van der Waals surface area contributed by atoms with Crippen LogP contribution in [0.3, 0.4) is 0 Å². The quantitative estimate of drug-likeness (QED) is 0.402. The van der Waals surface area contributed by atoms with Gasteiger partial charge in [-0.3, -0.25) is 10.1 Å². The molecule has 0 aliphatic rings. The Morgan fingerprint density at radius 1 is 1.03 bits per heavy atom. The lowest BCUT2D eigenvalue weighted by molar-refractivity contribution is 0.0977. The monoisotopic (exact) mass is 414 g/mol. The summed E-state index contributed by atoms with van der Waals surface area (Å²) >= 11 is 5.29. The van der Waals surface area contributed by atoms with Crippen molar-refractivity contribution in [1.82, 2.24) is 5.32 Å². The topological polar surface area (TPSA) is 59.6 Å². The zero-order valence-electron chi connectivity index (χ0n) is 17.4. The number of carbonyl (C=O) groups is 1. The second-order valence-corrected chi connectivity index (χ2v) is 7.57. The maximum absolute atomic E-state index is 12.4. The molecule has 5 nitrogen and oxygen atoms in total. The van der Waals surface area contributed by atoms with E-state index in [1.54, 1.807) is 24.3 Å². The van der Waals surface area contributed by atoms with Crippen LogP contribution in [0.15, 0.2) is 48.5 Å². The summed E-state index contributed by atoms with van der Waals surface area (Å²) in [6, 6.07) is 14.6. The normalized spacial score (nSPS) is 10.5. The molecule has 0 fully saturated rings. The lowest BCUT2D eigenvalue weighted by Crippen LogP contribution is -2.34. The maximum atomic E-state index is 12.4. The molecule has 0 aliphatic carbocycles. The van der Waals surface area contributed by atoms with E-state index in [1.165, 1.54) is 0 Å². The number of nitrogens with one attached hydrogen (secondary N) is 2. The first-order valence-electron chi connectivity index (χ1n) is 10.1. The van der Waals surface area contributed by atoms with Crippen molar-refractivity contribution < 1.29 is 14.3 Å². The summed E-state index contributed by atoms with van der Waals surface area (Å²) in [6.45, 7) is 7.73. The maximum Gasteiger partial charge on any atom is 0.257 e. The van der Waals surface area contributed by atoms with Crippen LogP contribution in [-0.4, -0.2) is 24.2 Å². The Kier molecular flexibility index (Phi) is 9.44. The summed E-state index contributed by atoms with van der Waals surface area (Å²) in [6.07, 6.45) is 3.03. The molecule has 2 rings (SSSR count). The van der Waals surface area contributed by atoms with Crippen LogP contribution >= 0.6 is 12.2 Å². The predicted molar refractivity (Wildman–Crippen MR) is 122 cm³/mol. The number of para-hydroxylation sites is 2. The number of hydrogen-bond donors (Lipinski definition) is 2. The fraction of sp³-hybridized carbons (Fsp3) is 0.391. The molecule has 2 aromatic carbocycles. The molecule has 29 heavy (non-hydrogen) atoms. The van der Waals surface area contributed by atoms with Crippen molar-refractivity contribution in [2.24, 2.45) is 5.92 Å². The van der Waals surface area contributed by atoms with E-state index in [0.29, 0.717) is 30.4 Å². The number of amides is 1. The third-order valence-corrected chi connectivity index (χ3v) is 4.40. The van der Waals surface area contributed by atoms with Crippen molar-refractivity contribution in [3.8, 4) is 11.5 Å². The van der Waals surface area contributed by atoms with Gasteiger partial charge in [0.25, 0.3) is 5.91 Å². The van der Waals surface area contributed by atoms with Crippen LogP contribution in [0.1, 0.15) is 50.4 Å². The van der Waals surface area contributed by atoms with Gasteiger partial charge in [-0.1, -0.05) is 39.3 Å². The van der Waals surface area contributed by atoms with Crippen LogP contribution in [0, 0.1) is 5.92 Å². The van der Waals surface area contributed by atoms with Crippen molar-refractivity contribution in [3.05, 3.63) is 54.1 Å². The first kappa shape index (κ1) is 22.7. The molecule has 2 N–H and O–H groups in total. The van der Waals surface area contributed by atoms with Gasteiger partial charge in [0.15, 0.2) is 5.11 Å². The van der Waals surface area contributed by atoms with Crippen molar-refractivity contribution in [3.63, 3.8) is 0 Å². The molecule has 0 aliphatic heterocycles. The van der Waals surface area contributed by atoms with Crippen LogP contribution in [0.5, 0.6) is 11.5 Å². The highest BCUT2D eigenvalue weighted by atomic mass is 32.1. The number of anilines is 1. The molecule has 0 radical (unpaired) electrons. The molecule has 0 aromatic heterocycles. The average molecular weight is 415 g/mol. The van der Waals surface area contributed by atoms with Crippen LogP contribution in [0.4, 0.5) is 5.69 Å². The van der Waals surface area contributed by atoms with Gasteiger partial charge in [0.05, 0.1) is 18.9 Å². The van der Waals surface area contributed by atoms with Crippen molar-refractivity contribution in [2.45, 2.75) is 40.0 Å². The van der Waals surface area contributed by atoms with Gasteiger partial charge in [-0.25, -0.2) is 0 Å². The fourth-order valence-electron chi connectivity index (χ4n) is 2.47. The van der Waals surface area contributed by atoms with E-state index >= 15 is 0 Å². The first-order valence-corrected chi connectivity index (χ1v) is 10.5. The van der Waals surface area contributed by atoms with E-state index in [1.807, 2.05) is 24.3 Å². The number of carbonyl (C=O) groups excluding carboxylic acids is 1. The van der Waals surface area contributed by atoms with E-state index in [2.05, 4.69) is 31.4 Å². The Balaban J connectivity index is 1.88. The SMILES string of the molecule is CCCCOc1ccccc1NC(=S)NC(=O)c1ccc(OCCC(C)C)cc1. The molecular weight excluding hydrogens is 384 g/mol. The highest BCUT2D eigenvalue weighted by molar-refractivity contribution is 7.80.